The molecule has 0 spiro atoms. The Bertz CT molecular complexity index is 1120. The Labute approximate surface area is 184 Å². The second-order valence-corrected chi connectivity index (χ2v) is 9.19. The van der Waals surface area contributed by atoms with E-state index < -0.39 is 23.4 Å². The second kappa shape index (κ2) is 8.03. The summed E-state index contributed by atoms with van der Waals surface area (Å²) in [6.45, 7) is 10.4. The zero-order valence-electron chi connectivity index (χ0n) is 18.7. The van der Waals surface area contributed by atoms with E-state index in [1.54, 1.807) is 41.5 Å². The molecule has 0 radical (unpaired) electrons. The quantitative estimate of drug-likeness (QED) is 0.324. The van der Waals surface area contributed by atoms with E-state index in [9.17, 15) is 19.8 Å². The van der Waals surface area contributed by atoms with Gasteiger partial charge in [-0.1, -0.05) is 0 Å². The first kappa shape index (κ1) is 22.9. The van der Waals surface area contributed by atoms with Crippen molar-refractivity contribution in [3.05, 3.63) is 24.3 Å². The number of nitrogens with one attached hydrogen (secondary N) is 2. The van der Waals surface area contributed by atoms with Crippen molar-refractivity contribution < 1.29 is 29.3 Å². The highest BCUT2D eigenvalue weighted by Crippen LogP contribution is 2.32. The van der Waals surface area contributed by atoms with Crippen LogP contribution in [0.3, 0.4) is 0 Å². The van der Waals surface area contributed by atoms with Crippen molar-refractivity contribution in [2.45, 2.75) is 52.7 Å². The lowest BCUT2D eigenvalue weighted by Gasteiger charge is -2.22. The number of rotatable bonds is 2. The summed E-state index contributed by atoms with van der Waals surface area (Å²) in [5.41, 5.74) is 0.410. The van der Waals surface area contributed by atoms with Crippen LogP contribution in [0.5, 0.6) is 11.5 Å². The van der Waals surface area contributed by atoms with Crippen molar-refractivity contribution in [2.24, 2.45) is 0 Å². The molecule has 0 bridgehead atoms. The van der Waals surface area contributed by atoms with Crippen LogP contribution >= 0.6 is 0 Å². The number of carbonyl (C=O) groups excluding carboxylic acids is 2. The molecule has 170 valence electrons. The molecule has 4 N–H and O–H groups in total. The van der Waals surface area contributed by atoms with Crippen molar-refractivity contribution >= 4 is 45.6 Å². The molecule has 1 aromatic heterocycles. The Morgan fingerprint density at radius 3 is 1.31 bits per heavy atom. The number of phenolic OH excluding ortho intramolecular Hbond substituents is 2. The van der Waals surface area contributed by atoms with Gasteiger partial charge in [0.25, 0.3) is 0 Å². The summed E-state index contributed by atoms with van der Waals surface area (Å²) < 4.78 is 10.6. The van der Waals surface area contributed by atoms with Crippen LogP contribution < -0.4 is 10.6 Å². The van der Waals surface area contributed by atoms with Crippen LogP contribution in [-0.2, 0) is 9.47 Å². The van der Waals surface area contributed by atoms with Gasteiger partial charge in [-0.3, -0.25) is 10.6 Å². The highest BCUT2D eigenvalue weighted by atomic mass is 16.6. The number of fused-ring (bicyclic) bond motifs is 2. The van der Waals surface area contributed by atoms with Gasteiger partial charge in [0.2, 0.25) is 0 Å². The number of anilines is 2. The van der Waals surface area contributed by atoms with Gasteiger partial charge in [0.05, 0.1) is 33.4 Å². The number of aromatic nitrogens is 2. The molecule has 2 aromatic carbocycles. The van der Waals surface area contributed by atoms with E-state index in [2.05, 4.69) is 20.6 Å². The molecule has 1 heterocycles. The van der Waals surface area contributed by atoms with Crippen LogP contribution in [-0.4, -0.2) is 43.6 Å². The molecular formula is C22H26N4O6. The van der Waals surface area contributed by atoms with E-state index in [1.807, 2.05) is 0 Å². The van der Waals surface area contributed by atoms with Gasteiger partial charge < -0.3 is 19.7 Å². The molecular weight excluding hydrogens is 416 g/mol. The molecule has 10 heteroatoms. The molecule has 0 unspecified atom stereocenters. The fourth-order valence-electron chi connectivity index (χ4n) is 2.78. The van der Waals surface area contributed by atoms with Crippen molar-refractivity contribution in [1.29, 1.82) is 0 Å². The Hall–Kier alpha value is -3.82. The number of carbonyl (C=O) groups is 2. The molecule has 2 amide bonds. The first-order valence-electron chi connectivity index (χ1n) is 9.88. The summed E-state index contributed by atoms with van der Waals surface area (Å²) in [4.78, 5) is 33.6. The summed E-state index contributed by atoms with van der Waals surface area (Å²) in [6, 6.07) is 5.60. The highest BCUT2D eigenvalue weighted by molar-refractivity contribution is 6.01. The largest absolute Gasteiger partial charge is 0.504 e. The molecule has 3 rings (SSSR count). The third kappa shape index (κ3) is 5.65. The molecule has 10 nitrogen and oxygen atoms in total. The van der Waals surface area contributed by atoms with E-state index in [1.165, 1.54) is 24.3 Å². The van der Waals surface area contributed by atoms with Crippen molar-refractivity contribution in [3.8, 4) is 11.5 Å². The summed E-state index contributed by atoms with van der Waals surface area (Å²) >= 11 is 0. The number of aromatic hydroxyl groups is 2. The predicted molar refractivity (Wildman–Crippen MR) is 120 cm³/mol. The monoisotopic (exact) mass is 442 g/mol. The van der Waals surface area contributed by atoms with Gasteiger partial charge >= 0.3 is 12.2 Å². The minimum atomic E-state index is -0.727. The maximum atomic E-state index is 12.4. The number of amides is 2. The Balaban J connectivity index is 2.08. The lowest BCUT2D eigenvalue weighted by atomic mass is 10.2. The smallest absolute Gasteiger partial charge is 0.412 e. The van der Waals surface area contributed by atoms with E-state index in [4.69, 9.17) is 9.47 Å². The third-order valence-corrected chi connectivity index (χ3v) is 3.94. The molecule has 0 saturated heterocycles. The van der Waals surface area contributed by atoms with Crippen molar-refractivity contribution in [1.82, 2.24) is 9.97 Å². The van der Waals surface area contributed by atoms with Crippen molar-refractivity contribution in [3.63, 3.8) is 0 Å². The first-order valence-corrected chi connectivity index (χ1v) is 9.88. The maximum Gasteiger partial charge on any atom is 0.412 e. The summed E-state index contributed by atoms with van der Waals surface area (Å²) in [5.74, 6) is -0.664. The van der Waals surface area contributed by atoms with Crippen LogP contribution in [0, 0.1) is 0 Å². The predicted octanol–water partition coefficient (Wildman–Crippen LogP) is 4.89. The number of ether oxygens (including phenoxy) is 2. The Morgan fingerprint density at radius 1 is 0.688 bits per heavy atom. The van der Waals surface area contributed by atoms with E-state index in [0.717, 1.165) is 0 Å². The number of phenols is 2. The van der Waals surface area contributed by atoms with Crippen LogP contribution in [0.1, 0.15) is 41.5 Å². The third-order valence-electron chi connectivity index (χ3n) is 3.94. The number of nitrogens with zero attached hydrogens (tertiary/aromatic N) is 2. The van der Waals surface area contributed by atoms with E-state index in [-0.39, 0.29) is 22.9 Å². The zero-order valence-corrected chi connectivity index (χ0v) is 18.7. The maximum absolute atomic E-state index is 12.4. The first-order chi connectivity index (χ1) is 14.7. The number of hydrogen-bond acceptors (Lipinski definition) is 8. The minimum Gasteiger partial charge on any atom is -0.504 e. The van der Waals surface area contributed by atoms with Gasteiger partial charge in [-0.15, -0.1) is 0 Å². The summed E-state index contributed by atoms with van der Waals surface area (Å²) in [6.07, 6.45) is -1.44. The molecule has 32 heavy (non-hydrogen) atoms. The Kier molecular flexibility index (Phi) is 5.73. The van der Waals surface area contributed by atoms with Gasteiger partial charge in [-0.25, -0.2) is 19.6 Å². The van der Waals surface area contributed by atoms with Crippen LogP contribution in [0.4, 0.5) is 21.0 Å². The second-order valence-electron chi connectivity index (χ2n) is 9.19. The van der Waals surface area contributed by atoms with Gasteiger partial charge in [-0.05, 0) is 53.7 Å². The van der Waals surface area contributed by atoms with Crippen LogP contribution in [0.25, 0.3) is 22.1 Å². The molecule has 0 aliphatic rings. The van der Waals surface area contributed by atoms with Crippen LogP contribution in [0.15, 0.2) is 24.3 Å². The van der Waals surface area contributed by atoms with Crippen molar-refractivity contribution in [2.75, 3.05) is 10.6 Å². The van der Waals surface area contributed by atoms with E-state index >= 15 is 0 Å². The van der Waals surface area contributed by atoms with Gasteiger partial charge in [0.1, 0.15) is 11.2 Å². The molecule has 0 fully saturated rings. The molecule has 0 saturated carbocycles. The normalized spacial score (nSPS) is 11.9. The van der Waals surface area contributed by atoms with Gasteiger partial charge in [-0.2, -0.15) is 0 Å². The summed E-state index contributed by atoms with van der Waals surface area (Å²) in [7, 11) is 0. The standard InChI is InChI=1S/C22H26N4O6/c1-21(2,3)31-19(29)25-13-7-11-12(8-14(13)26-20(30)32-22(4,5)6)24-16-10-18(28)17(27)9-15(16)23-11/h7-10,27-28H,1-6H3,(H,25,29)(H,26,30). The van der Waals surface area contributed by atoms with Gasteiger partial charge in [0.15, 0.2) is 11.5 Å². The molecule has 0 aliphatic carbocycles. The topological polar surface area (TPSA) is 143 Å². The molecule has 0 aliphatic heterocycles. The lowest BCUT2D eigenvalue weighted by Crippen LogP contribution is -2.29. The SMILES string of the molecule is CC(C)(C)OC(=O)Nc1cc2nc3cc(O)c(O)cc3nc2cc1NC(=O)OC(C)(C)C. The minimum absolute atomic E-state index is 0.217. The summed E-state index contributed by atoms with van der Waals surface area (Å²) in [5, 5.41) is 24.7. The van der Waals surface area contributed by atoms with Gasteiger partial charge in [0, 0.05) is 12.1 Å². The fourth-order valence-corrected chi connectivity index (χ4v) is 2.78. The Morgan fingerprint density at radius 2 is 1.00 bits per heavy atom. The lowest BCUT2D eigenvalue weighted by molar-refractivity contribution is 0.0621. The zero-order chi connectivity index (χ0) is 23.8. The number of hydrogen-bond donors (Lipinski definition) is 4. The molecule has 3 aromatic rings. The number of benzene rings is 2. The van der Waals surface area contributed by atoms with Crippen LogP contribution in [0.2, 0.25) is 0 Å². The molecule has 0 atom stereocenters. The highest BCUT2D eigenvalue weighted by Gasteiger charge is 2.21. The average Bonchev–Trinajstić information content (AvgIpc) is 2.59. The fraction of sp³-hybridized carbons (Fsp3) is 0.364. The average molecular weight is 442 g/mol. The van der Waals surface area contributed by atoms with E-state index in [0.29, 0.717) is 22.1 Å².